The van der Waals surface area contributed by atoms with Gasteiger partial charge in [0.15, 0.2) is 11.7 Å². The van der Waals surface area contributed by atoms with Crippen molar-refractivity contribution in [1.82, 2.24) is 4.98 Å². The van der Waals surface area contributed by atoms with Crippen molar-refractivity contribution in [1.29, 1.82) is 0 Å². The van der Waals surface area contributed by atoms with Crippen molar-refractivity contribution >= 4 is 11.9 Å². The number of aryl methyl sites for hydroxylation is 1. The van der Waals surface area contributed by atoms with E-state index >= 15 is 0 Å². The summed E-state index contributed by atoms with van der Waals surface area (Å²) in [5.74, 6) is 0.694. The van der Waals surface area contributed by atoms with Crippen LogP contribution in [0.15, 0.2) is 46.6 Å². The third-order valence-corrected chi connectivity index (χ3v) is 3.26. The van der Waals surface area contributed by atoms with Crippen LogP contribution in [-0.4, -0.2) is 10.8 Å². The molecule has 0 atom stereocenters. The molecule has 1 aromatic heterocycles. The zero-order chi connectivity index (χ0) is 15.1. The molecule has 2 rings (SSSR count). The van der Waals surface area contributed by atoms with Gasteiger partial charge in [-0.2, -0.15) is 0 Å². The Balaban J connectivity index is 1.91. The van der Waals surface area contributed by atoms with Gasteiger partial charge in [0, 0.05) is 12.8 Å². The molecule has 0 amide bonds. The molecule has 3 nitrogen and oxygen atoms in total. The van der Waals surface area contributed by atoms with E-state index in [1.54, 1.807) is 0 Å². The van der Waals surface area contributed by atoms with Gasteiger partial charge in [0.1, 0.15) is 12.0 Å². The zero-order valence-corrected chi connectivity index (χ0v) is 12.6. The maximum Gasteiger partial charge on any atom is 0.194 e. The summed E-state index contributed by atoms with van der Waals surface area (Å²) in [5.41, 5.74) is 2.92. The van der Waals surface area contributed by atoms with Crippen molar-refractivity contribution in [2.24, 2.45) is 0 Å². The first-order valence-corrected chi connectivity index (χ1v) is 7.39. The summed E-state index contributed by atoms with van der Waals surface area (Å²) in [4.78, 5) is 16.0. The predicted octanol–water partition coefficient (Wildman–Crippen LogP) is 4.69. The monoisotopic (exact) mass is 283 g/mol. The molecule has 0 spiro atoms. The second-order valence-corrected chi connectivity index (χ2v) is 5.20. The van der Waals surface area contributed by atoms with E-state index in [9.17, 15) is 4.79 Å². The van der Waals surface area contributed by atoms with Crippen molar-refractivity contribution in [2.45, 2.75) is 39.5 Å². The Bertz CT molecular complexity index is 611. The van der Waals surface area contributed by atoms with Gasteiger partial charge in [-0.25, -0.2) is 4.98 Å². The molecule has 110 valence electrons. The van der Waals surface area contributed by atoms with E-state index in [1.807, 2.05) is 25.1 Å². The highest BCUT2D eigenvalue weighted by atomic mass is 16.3. The van der Waals surface area contributed by atoms with E-state index < -0.39 is 0 Å². The first-order valence-electron chi connectivity index (χ1n) is 7.39. The van der Waals surface area contributed by atoms with Crippen LogP contribution in [0.25, 0.3) is 6.08 Å². The van der Waals surface area contributed by atoms with Gasteiger partial charge >= 0.3 is 0 Å². The predicted molar refractivity (Wildman–Crippen MR) is 84.2 cm³/mol. The van der Waals surface area contributed by atoms with Crippen molar-refractivity contribution in [3.63, 3.8) is 0 Å². The van der Waals surface area contributed by atoms with Crippen LogP contribution in [0.1, 0.15) is 55.1 Å². The van der Waals surface area contributed by atoms with Gasteiger partial charge in [0.2, 0.25) is 0 Å². The number of hydrogen-bond donors (Lipinski definition) is 0. The van der Waals surface area contributed by atoms with Crippen LogP contribution in [0.2, 0.25) is 0 Å². The van der Waals surface area contributed by atoms with Gasteiger partial charge in [-0.1, -0.05) is 48.9 Å². The average Bonchev–Trinajstić information content (AvgIpc) is 2.95. The Kier molecular flexibility index (Phi) is 5.50. The van der Waals surface area contributed by atoms with Crippen LogP contribution in [-0.2, 0) is 6.42 Å². The lowest BCUT2D eigenvalue weighted by atomic mass is 10.1. The minimum atomic E-state index is 0.0593. The lowest BCUT2D eigenvalue weighted by Crippen LogP contribution is -1.98. The first kappa shape index (κ1) is 15.2. The lowest BCUT2D eigenvalue weighted by molar-refractivity contribution is 0.0977. The number of hydrogen-bond acceptors (Lipinski definition) is 3. The number of Topliss-reactive ketones (excluding diaryl/α,β-unsaturated/α-hetero) is 1. The normalized spacial score (nSPS) is 11.6. The van der Waals surface area contributed by atoms with E-state index in [1.165, 1.54) is 17.4 Å². The minimum absolute atomic E-state index is 0.0593. The molecular weight excluding hydrogens is 262 g/mol. The summed E-state index contributed by atoms with van der Waals surface area (Å²) >= 11 is 0. The molecule has 0 aliphatic carbocycles. The highest BCUT2D eigenvalue weighted by Crippen LogP contribution is 2.13. The van der Waals surface area contributed by atoms with Crippen molar-refractivity contribution in [3.05, 3.63) is 59.3 Å². The van der Waals surface area contributed by atoms with Crippen LogP contribution in [0.5, 0.6) is 0 Å². The number of allylic oxidation sites excluding steroid dienone is 1. The number of ketones is 1. The summed E-state index contributed by atoms with van der Waals surface area (Å²) in [7, 11) is 0. The molecule has 3 heteroatoms. The Hall–Kier alpha value is -2.16. The van der Waals surface area contributed by atoms with E-state index in [0.29, 0.717) is 24.4 Å². The molecule has 0 unspecified atom stereocenters. The molecule has 0 saturated heterocycles. The number of rotatable bonds is 7. The third kappa shape index (κ3) is 4.71. The van der Waals surface area contributed by atoms with Gasteiger partial charge in [-0.05, 0) is 25.3 Å². The molecule has 0 bridgehead atoms. The largest absolute Gasteiger partial charge is 0.448 e. The maximum atomic E-state index is 11.7. The van der Waals surface area contributed by atoms with Crippen LogP contribution < -0.4 is 0 Å². The van der Waals surface area contributed by atoms with E-state index in [-0.39, 0.29) is 5.78 Å². The van der Waals surface area contributed by atoms with Crippen molar-refractivity contribution in [3.8, 4) is 0 Å². The molecule has 0 radical (unpaired) electrons. The third-order valence-electron chi connectivity index (χ3n) is 3.26. The number of nitrogens with zero attached hydrogens (tertiary/aromatic N) is 1. The van der Waals surface area contributed by atoms with E-state index in [4.69, 9.17) is 4.42 Å². The SMILES string of the molecule is CCCC(=O)c1coc(CC/C(C)=C/c2ccccc2)n1. The molecule has 0 N–H and O–H groups in total. The number of benzene rings is 1. The van der Waals surface area contributed by atoms with E-state index in [2.05, 4.69) is 30.1 Å². The Labute approximate surface area is 125 Å². The van der Waals surface area contributed by atoms with Gasteiger partial charge in [-0.15, -0.1) is 0 Å². The lowest BCUT2D eigenvalue weighted by Gasteiger charge is -1.99. The Morgan fingerprint density at radius 2 is 2.00 bits per heavy atom. The summed E-state index contributed by atoms with van der Waals surface area (Å²) in [6, 6.07) is 10.2. The Morgan fingerprint density at radius 3 is 2.71 bits per heavy atom. The fourth-order valence-corrected chi connectivity index (χ4v) is 2.12. The molecule has 1 aromatic carbocycles. The molecule has 1 heterocycles. The fourth-order valence-electron chi connectivity index (χ4n) is 2.12. The topological polar surface area (TPSA) is 43.1 Å². The van der Waals surface area contributed by atoms with Crippen LogP contribution in [0.3, 0.4) is 0 Å². The van der Waals surface area contributed by atoms with Crippen LogP contribution in [0.4, 0.5) is 0 Å². The summed E-state index contributed by atoms with van der Waals surface area (Å²) in [6.45, 7) is 4.08. The first-order chi connectivity index (χ1) is 10.2. The van der Waals surface area contributed by atoms with Crippen molar-refractivity contribution < 1.29 is 9.21 Å². The van der Waals surface area contributed by atoms with Crippen LogP contribution >= 0.6 is 0 Å². The smallest absolute Gasteiger partial charge is 0.194 e. The average molecular weight is 283 g/mol. The van der Waals surface area contributed by atoms with Gasteiger partial charge in [-0.3, -0.25) is 4.79 Å². The second kappa shape index (κ2) is 7.58. The maximum absolute atomic E-state index is 11.7. The van der Waals surface area contributed by atoms with E-state index in [0.717, 1.165) is 12.8 Å². The highest BCUT2D eigenvalue weighted by Gasteiger charge is 2.11. The molecule has 0 aliphatic rings. The second-order valence-electron chi connectivity index (χ2n) is 5.20. The van der Waals surface area contributed by atoms with Crippen LogP contribution in [0, 0.1) is 0 Å². The van der Waals surface area contributed by atoms with Gasteiger partial charge in [0.05, 0.1) is 0 Å². The molecule has 0 aliphatic heterocycles. The fraction of sp³-hybridized carbons (Fsp3) is 0.333. The van der Waals surface area contributed by atoms with Crippen molar-refractivity contribution in [2.75, 3.05) is 0 Å². The number of carbonyl (C=O) groups excluding carboxylic acids is 1. The molecular formula is C18H21NO2. The number of oxazole rings is 1. The molecule has 2 aromatic rings. The number of carbonyl (C=O) groups is 1. The van der Waals surface area contributed by atoms with Gasteiger partial charge in [0.25, 0.3) is 0 Å². The standard InChI is InChI=1S/C18H21NO2/c1-3-7-17(20)16-13-21-18(19-16)11-10-14(2)12-15-8-5-4-6-9-15/h4-6,8-9,12-13H,3,7,10-11H2,1-2H3/b14-12+. The zero-order valence-electron chi connectivity index (χ0n) is 12.6. The van der Waals surface area contributed by atoms with Gasteiger partial charge < -0.3 is 4.42 Å². The molecule has 0 fully saturated rings. The highest BCUT2D eigenvalue weighted by molar-refractivity contribution is 5.93. The molecule has 0 saturated carbocycles. The summed E-state index contributed by atoms with van der Waals surface area (Å²) in [6.07, 6.45) is 6.58. The summed E-state index contributed by atoms with van der Waals surface area (Å²) < 4.78 is 5.37. The molecule has 21 heavy (non-hydrogen) atoms. The summed E-state index contributed by atoms with van der Waals surface area (Å²) in [5, 5.41) is 0. The Morgan fingerprint density at radius 1 is 1.24 bits per heavy atom. The number of aromatic nitrogens is 1. The minimum Gasteiger partial charge on any atom is -0.448 e. The quantitative estimate of drug-likeness (QED) is 0.692.